The van der Waals surface area contributed by atoms with E-state index in [9.17, 15) is 13.2 Å². The zero-order chi connectivity index (χ0) is 10.2. The minimum Gasteiger partial charge on any atom is -0.245 e. The van der Waals surface area contributed by atoms with Crippen LogP contribution in [-0.4, -0.2) is 11.2 Å². The van der Waals surface area contributed by atoms with Crippen LogP contribution >= 0.6 is 11.3 Å². The van der Waals surface area contributed by atoms with Crippen molar-refractivity contribution >= 4 is 21.6 Å². The van der Waals surface area contributed by atoms with Crippen LogP contribution in [-0.2, 0) is 6.42 Å². The summed E-state index contributed by atoms with van der Waals surface area (Å²) < 4.78 is 37.1. The first-order valence-corrected chi connectivity index (χ1v) is 4.82. The van der Waals surface area contributed by atoms with E-state index in [2.05, 4.69) is 4.98 Å². The standard InChI is InChI=1S/C9H6F3NS/c10-9(11,12)4-6-2-1-3-7-8(6)14-5-13-7/h1-3,5H,4H2. The summed E-state index contributed by atoms with van der Waals surface area (Å²) in [5.74, 6) is 0. The second-order valence-corrected chi connectivity index (χ2v) is 3.76. The van der Waals surface area contributed by atoms with Crippen LogP contribution in [0.1, 0.15) is 5.56 Å². The van der Waals surface area contributed by atoms with Gasteiger partial charge in [-0.2, -0.15) is 13.2 Å². The van der Waals surface area contributed by atoms with E-state index in [0.29, 0.717) is 15.8 Å². The smallest absolute Gasteiger partial charge is 0.245 e. The summed E-state index contributed by atoms with van der Waals surface area (Å²) in [5.41, 5.74) is 2.50. The van der Waals surface area contributed by atoms with E-state index in [1.54, 1.807) is 17.6 Å². The summed E-state index contributed by atoms with van der Waals surface area (Å²) >= 11 is 1.24. The number of benzene rings is 1. The number of hydrogen-bond acceptors (Lipinski definition) is 2. The van der Waals surface area contributed by atoms with Gasteiger partial charge in [-0.15, -0.1) is 11.3 Å². The van der Waals surface area contributed by atoms with Crippen LogP contribution in [0.15, 0.2) is 23.7 Å². The highest BCUT2D eigenvalue weighted by Gasteiger charge is 2.28. The van der Waals surface area contributed by atoms with Crippen molar-refractivity contribution in [1.82, 2.24) is 4.98 Å². The predicted octanol–water partition coefficient (Wildman–Crippen LogP) is 3.40. The molecule has 0 aliphatic rings. The summed E-state index contributed by atoms with van der Waals surface area (Å²) in [7, 11) is 0. The number of thiazole rings is 1. The predicted molar refractivity (Wildman–Crippen MR) is 49.4 cm³/mol. The Balaban J connectivity index is 2.46. The molecule has 0 N–H and O–H groups in total. The minimum atomic E-state index is -4.15. The molecule has 1 aromatic carbocycles. The molecule has 0 radical (unpaired) electrons. The van der Waals surface area contributed by atoms with E-state index < -0.39 is 12.6 Å². The lowest BCUT2D eigenvalue weighted by Crippen LogP contribution is -2.11. The molecule has 0 unspecified atom stereocenters. The fraction of sp³-hybridized carbons (Fsp3) is 0.222. The molecule has 2 aromatic rings. The lowest BCUT2D eigenvalue weighted by molar-refractivity contribution is -0.126. The molecule has 0 aliphatic carbocycles. The number of hydrogen-bond donors (Lipinski definition) is 0. The quantitative estimate of drug-likeness (QED) is 0.713. The molecule has 1 aromatic heterocycles. The topological polar surface area (TPSA) is 12.9 Å². The maximum absolute atomic E-state index is 12.2. The monoisotopic (exact) mass is 217 g/mol. The molecule has 0 fully saturated rings. The Labute approximate surface area is 82.2 Å². The highest BCUT2D eigenvalue weighted by Crippen LogP contribution is 2.28. The van der Waals surface area contributed by atoms with Gasteiger partial charge < -0.3 is 0 Å². The van der Waals surface area contributed by atoms with Crippen LogP contribution in [0.25, 0.3) is 10.2 Å². The normalized spacial score (nSPS) is 12.2. The van der Waals surface area contributed by atoms with Gasteiger partial charge in [-0.05, 0) is 11.6 Å². The van der Waals surface area contributed by atoms with Gasteiger partial charge in [0.15, 0.2) is 0 Å². The Morgan fingerprint density at radius 1 is 1.29 bits per heavy atom. The number of halogens is 3. The van der Waals surface area contributed by atoms with Gasteiger partial charge in [0, 0.05) is 0 Å². The number of fused-ring (bicyclic) bond motifs is 1. The van der Waals surface area contributed by atoms with Crippen LogP contribution in [0.4, 0.5) is 13.2 Å². The Kier molecular flexibility index (Phi) is 2.19. The molecule has 0 aliphatic heterocycles. The zero-order valence-electron chi connectivity index (χ0n) is 7.01. The molecule has 1 nitrogen and oxygen atoms in total. The molecule has 14 heavy (non-hydrogen) atoms. The lowest BCUT2D eigenvalue weighted by atomic mass is 10.1. The van der Waals surface area contributed by atoms with Gasteiger partial charge in [-0.25, -0.2) is 4.98 Å². The minimum absolute atomic E-state index is 0.303. The van der Waals surface area contributed by atoms with Crippen molar-refractivity contribution in [3.63, 3.8) is 0 Å². The molecule has 0 amide bonds. The summed E-state index contributed by atoms with van der Waals surface area (Å²) in [6.45, 7) is 0. The fourth-order valence-electron chi connectivity index (χ4n) is 1.30. The maximum Gasteiger partial charge on any atom is 0.393 e. The molecule has 1 heterocycles. The number of rotatable bonds is 1. The zero-order valence-corrected chi connectivity index (χ0v) is 7.82. The van der Waals surface area contributed by atoms with E-state index >= 15 is 0 Å². The van der Waals surface area contributed by atoms with E-state index in [0.717, 1.165) is 0 Å². The molecular formula is C9H6F3NS. The van der Waals surface area contributed by atoms with Crippen LogP contribution < -0.4 is 0 Å². The van der Waals surface area contributed by atoms with Crippen molar-refractivity contribution in [3.8, 4) is 0 Å². The fourth-order valence-corrected chi connectivity index (χ4v) is 2.10. The second-order valence-electron chi connectivity index (χ2n) is 2.91. The van der Waals surface area contributed by atoms with Crippen LogP contribution in [0.2, 0.25) is 0 Å². The Morgan fingerprint density at radius 3 is 2.79 bits per heavy atom. The van der Waals surface area contributed by atoms with Gasteiger partial charge >= 0.3 is 6.18 Å². The van der Waals surface area contributed by atoms with Crippen LogP contribution in [0.5, 0.6) is 0 Å². The van der Waals surface area contributed by atoms with Gasteiger partial charge in [-0.3, -0.25) is 0 Å². The summed E-state index contributed by atoms with van der Waals surface area (Å²) in [6.07, 6.45) is -5.04. The van der Waals surface area contributed by atoms with Crippen molar-refractivity contribution in [3.05, 3.63) is 29.3 Å². The molecule has 0 atom stereocenters. The molecule has 2 rings (SSSR count). The summed E-state index contributed by atoms with van der Waals surface area (Å²) in [6, 6.07) is 4.81. The Bertz CT molecular complexity index is 446. The van der Waals surface area contributed by atoms with E-state index in [4.69, 9.17) is 0 Å². The SMILES string of the molecule is FC(F)(F)Cc1cccc2ncsc12. The first-order chi connectivity index (χ1) is 6.56. The van der Waals surface area contributed by atoms with Gasteiger partial charge in [0.1, 0.15) is 0 Å². The van der Waals surface area contributed by atoms with Gasteiger partial charge in [-0.1, -0.05) is 12.1 Å². The second kappa shape index (κ2) is 3.24. The molecule has 74 valence electrons. The van der Waals surface area contributed by atoms with E-state index in [-0.39, 0.29) is 0 Å². The summed E-state index contributed by atoms with van der Waals surface area (Å²) in [4.78, 5) is 3.96. The Hall–Kier alpha value is -1.10. The van der Waals surface area contributed by atoms with Crippen LogP contribution in [0.3, 0.4) is 0 Å². The first-order valence-electron chi connectivity index (χ1n) is 3.94. The third kappa shape index (κ3) is 1.87. The van der Waals surface area contributed by atoms with Crippen molar-refractivity contribution in [1.29, 1.82) is 0 Å². The van der Waals surface area contributed by atoms with E-state index in [1.807, 2.05) is 0 Å². The Morgan fingerprint density at radius 2 is 2.07 bits per heavy atom. The third-order valence-corrected chi connectivity index (χ3v) is 2.75. The average Bonchev–Trinajstić information content (AvgIpc) is 2.49. The third-order valence-electron chi connectivity index (χ3n) is 1.83. The molecule has 0 spiro atoms. The lowest BCUT2D eigenvalue weighted by Gasteiger charge is -2.06. The number of alkyl halides is 3. The maximum atomic E-state index is 12.2. The molecule has 0 bridgehead atoms. The largest absolute Gasteiger partial charge is 0.393 e. The van der Waals surface area contributed by atoms with Crippen molar-refractivity contribution in [2.45, 2.75) is 12.6 Å². The van der Waals surface area contributed by atoms with Gasteiger partial charge in [0.25, 0.3) is 0 Å². The van der Waals surface area contributed by atoms with Crippen molar-refractivity contribution in [2.24, 2.45) is 0 Å². The number of aromatic nitrogens is 1. The average molecular weight is 217 g/mol. The van der Waals surface area contributed by atoms with Crippen molar-refractivity contribution in [2.75, 3.05) is 0 Å². The molecule has 0 saturated heterocycles. The van der Waals surface area contributed by atoms with Gasteiger partial charge in [0.2, 0.25) is 0 Å². The van der Waals surface area contributed by atoms with Gasteiger partial charge in [0.05, 0.1) is 22.1 Å². The van der Waals surface area contributed by atoms with E-state index in [1.165, 1.54) is 17.4 Å². The highest BCUT2D eigenvalue weighted by atomic mass is 32.1. The highest BCUT2D eigenvalue weighted by molar-refractivity contribution is 7.16. The molecule has 0 saturated carbocycles. The molecular weight excluding hydrogens is 211 g/mol. The van der Waals surface area contributed by atoms with Crippen LogP contribution in [0, 0.1) is 0 Å². The number of nitrogens with zero attached hydrogens (tertiary/aromatic N) is 1. The first kappa shape index (κ1) is 9.45. The molecule has 5 heteroatoms. The van der Waals surface area contributed by atoms with Crippen molar-refractivity contribution < 1.29 is 13.2 Å². The summed E-state index contributed by atoms with van der Waals surface area (Å²) in [5, 5.41) is 0.